The van der Waals surface area contributed by atoms with Crippen LogP contribution >= 0.6 is 0 Å². The Balaban J connectivity index is 0.000000235. The highest BCUT2D eigenvalue weighted by molar-refractivity contribution is 5.49. The second kappa shape index (κ2) is 15.7. The lowest BCUT2D eigenvalue weighted by Gasteiger charge is -2.37. The number of rotatable bonds is 11. The Morgan fingerprint density at radius 2 is 1.76 bits per heavy atom. The minimum atomic E-state index is -0.930. The molecule has 0 bridgehead atoms. The molecule has 0 spiro atoms. The summed E-state index contributed by atoms with van der Waals surface area (Å²) in [7, 11) is 0. The van der Waals surface area contributed by atoms with E-state index in [2.05, 4.69) is 38.6 Å². The molecule has 1 aliphatic rings. The summed E-state index contributed by atoms with van der Waals surface area (Å²) >= 11 is 0. The molecule has 0 radical (unpaired) electrons. The molecule has 226 valence electrons. The predicted octanol–water partition coefficient (Wildman–Crippen LogP) is 5.65. The van der Waals surface area contributed by atoms with E-state index >= 15 is 0 Å². The summed E-state index contributed by atoms with van der Waals surface area (Å²) in [5, 5.41) is 3.99. The van der Waals surface area contributed by atoms with Crippen molar-refractivity contribution in [1.82, 2.24) is 19.7 Å². The van der Waals surface area contributed by atoms with Gasteiger partial charge in [0.25, 0.3) is 0 Å². The summed E-state index contributed by atoms with van der Waals surface area (Å²) in [6, 6.07) is 11.8. The van der Waals surface area contributed by atoms with Crippen molar-refractivity contribution in [3.05, 3.63) is 109 Å². The lowest BCUT2D eigenvalue weighted by Crippen LogP contribution is -2.45. The van der Waals surface area contributed by atoms with Crippen LogP contribution in [-0.4, -0.2) is 59.1 Å². The third-order valence-electron chi connectivity index (χ3n) is 6.78. The maximum Gasteiger partial charge on any atom is 0.137 e. The lowest BCUT2D eigenvalue weighted by molar-refractivity contribution is -0.0470. The monoisotopic (exact) mass is 580 g/mol. The zero-order valence-electron chi connectivity index (χ0n) is 25.0. The SMILES string of the molecule is C=C/C(=C\C=C(/C)N)N1CCN(c2ccc(OCC)cc2)CC1.CCO[C@@](C)(Cn1cncn1)c1ccc(F)cc1F. The fraction of sp³-hybridized carbons (Fsp3) is 0.375. The van der Waals surface area contributed by atoms with Gasteiger partial charge in [0.1, 0.15) is 35.6 Å². The smallest absolute Gasteiger partial charge is 0.137 e. The Morgan fingerprint density at radius 3 is 2.31 bits per heavy atom. The highest BCUT2D eigenvalue weighted by Crippen LogP contribution is 2.30. The van der Waals surface area contributed by atoms with E-state index in [9.17, 15) is 8.78 Å². The number of nitrogens with two attached hydrogens (primary N) is 1. The summed E-state index contributed by atoms with van der Waals surface area (Å²) < 4.78 is 39.6. The van der Waals surface area contributed by atoms with Crippen molar-refractivity contribution in [2.75, 3.05) is 44.3 Å². The third kappa shape index (κ3) is 9.17. The van der Waals surface area contributed by atoms with Crippen LogP contribution in [0.1, 0.15) is 33.3 Å². The molecule has 1 saturated heterocycles. The number of allylic oxidation sites excluding steroid dienone is 4. The van der Waals surface area contributed by atoms with Gasteiger partial charge in [0, 0.05) is 61.5 Å². The number of ether oxygens (including phenoxy) is 2. The lowest BCUT2D eigenvalue weighted by atomic mass is 9.95. The highest BCUT2D eigenvalue weighted by atomic mass is 19.1. The van der Waals surface area contributed by atoms with Gasteiger partial charge in [0.2, 0.25) is 0 Å². The molecule has 2 heterocycles. The molecule has 3 aromatic rings. The van der Waals surface area contributed by atoms with Gasteiger partial charge >= 0.3 is 0 Å². The fourth-order valence-corrected chi connectivity index (χ4v) is 4.73. The quantitative estimate of drug-likeness (QED) is 0.294. The number of hydrogen-bond donors (Lipinski definition) is 1. The molecule has 1 atom stereocenters. The molecule has 8 nitrogen and oxygen atoms in total. The molecule has 2 N–H and O–H groups in total. The van der Waals surface area contributed by atoms with Gasteiger partial charge in [0.15, 0.2) is 0 Å². The van der Waals surface area contributed by atoms with Crippen molar-refractivity contribution in [2.45, 2.75) is 39.8 Å². The number of halogens is 2. The summed E-state index contributed by atoms with van der Waals surface area (Å²) in [5.74, 6) is -0.312. The largest absolute Gasteiger partial charge is 0.494 e. The van der Waals surface area contributed by atoms with Crippen molar-refractivity contribution < 1.29 is 18.3 Å². The molecule has 0 unspecified atom stereocenters. The number of hydrogen-bond acceptors (Lipinski definition) is 7. The van der Waals surface area contributed by atoms with Crippen LogP contribution in [0.15, 0.2) is 91.3 Å². The molecule has 1 aromatic heterocycles. The van der Waals surface area contributed by atoms with Gasteiger partial charge in [-0.1, -0.05) is 12.6 Å². The minimum absolute atomic E-state index is 0.295. The molecule has 0 amide bonds. The first-order valence-electron chi connectivity index (χ1n) is 14.1. The Labute approximate surface area is 247 Å². The van der Waals surface area contributed by atoms with E-state index < -0.39 is 17.2 Å². The third-order valence-corrected chi connectivity index (χ3v) is 6.78. The van der Waals surface area contributed by atoms with E-state index in [1.165, 1.54) is 30.5 Å². The predicted molar refractivity (Wildman–Crippen MR) is 163 cm³/mol. The summed E-state index contributed by atoms with van der Waals surface area (Å²) in [4.78, 5) is 8.58. The van der Waals surface area contributed by atoms with Crippen LogP contribution in [0.25, 0.3) is 0 Å². The second-order valence-corrected chi connectivity index (χ2v) is 9.99. The summed E-state index contributed by atoms with van der Waals surface area (Å²) in [6.07, 6.45) is 8.78. The van der Waals surface area contributed by atoms with Gasteiger partial charge in [-0.15, -0.1) is 0 Å². The highest BCUT2D eigenvalue weighted by Gasteiger charge is 2.31. The first kappa shape index (κ1) is 32.3. The van der Waals surface area contributed by atoms with E-state index in [0.29, 0.717) is 25.3 Å². The normalized spacial score (nSPS) is 15.5. The van der Waals surface area contributed by atoms with Gasteiger partial charge in [-0.25, -0.2) is 18.4 Å². The van der Waals surface area contributed by atoms with E-state index in [1.807, 2.05) is 51.1 Å². The molecule has 4 rings (SSSR count). The Hall–Kier alpha value is -4.18. The number of benzene rings is 2. The van der Waals surface area contributed by atoms with Crippen molar-refractivity contribution in [2.24, 2.45) is 5.73 Å². The molecule has 0 saturated carbocycles. The van der Waals surface area contributed by atoms with E-state index in [4.69, 9.17) is 15.2 Å². The van der Waals surface area contributed by atoms with Gasteiger partial charge in [0.05, 0.1) is 13.2 Å². The minimum Gasteiger partial charge on any atom is -0.494 e. The van der Waals surface area contributed by atoms with Crippen molar-refractivity contribution in [3.8, 4) is 5.75 Å². The second-order valence-electron chi connectivity index (χ2n) is 9.99. The van der Waals surface area contributed by atoms with Crippen LogP contribution in [0.3, 0.4) is 0 Å². The molecule has 0 aliphatic carbocycles. The Morgan fingerprint density at radius 1 is 1.05 bits per heavy atom. The first-order chi connectivity index (χ1) is 20.2. The zero-order chi connectivity index (χ0) is 30.5. The number of nitrogens with zero attached hydrogens (tertiary/aromatic N) is 5. The molecule has 1 aliphatic heterocycles. The van der Waals surface area contributed by atoms with Gasteiger partial charge in [-0.05, 0) is 76.3 Å². The van der Waals surface area contributed by atoms with E-state index in [1.54, 1.807) is 11.6 Å². The van der Waals surface area contributed by atoms with Crippen molar-refractivity contribution >= 4 is 5.69 Å². The standard InChI is InChI=1S/C19H27N3O.C13H15F2N3O/c1-4-17(7-6-16(3)20)21-12-14-22(15-13-21)18-8-10-19(11-9-18)23-5-2;1-3-19-13(2,7-18-9-16-8-17-18)11-5-4-10(14)6-12(11)15/h4,6-11H,1,5,12-15,20H2,2-3H3;4-6,8-9H,3,7H2,1-2H3/b16-6+,17-7+;/t;13-/m.0/s1. The molecule has 10 heteroatoms. The topological polar surface area (TPSA) is 81.7 Å². The molecular formula is C32H42F2N6O2. The maximum atomic E-state index is 13.9. The summed E-state index contributed by atoms with van der Waals surface area (Å²) in [6.45, 7) is 16.7. The van der Waals surface area contributed by atoms with Gasteiger partial charge in [-0.3, -0.25) is 0 Å². The fourth-order valence-electron chi connectivity index (χ4n) is 4.73. The molecular weight excluding hydrogens is 538 g/mol. The van der Waals surface area contributed by atoms with Crippen LogP contribution in [0.5, 0.6) is 5.75 Å². The van der Waals surface area contributed by atoms with E-state index in [-0.39, 0.29) is 0 Å². The van der Waals surface area contributed by atoms with Crippen LogP contribution in [0, 0.1) is 11.6 Å². The average molecular weight is 581 g/mol. The van der Waals surface area contributed by atoms with Gasteiger partial charge < -0.3 is 25.0 Å². The first-order valence-corrected chi connectivity index (χ1v) is 14.1. The number of anilines is 1. The summed E-state index contributed by atoms with van der Waals surface area (Å²) in [5.41, 5.74) is 8.24. The Bertz CT molecular complexity index is 1320. The van der Waals surface area contributed by atoms with Crippen molar-refractivity contribution in [3.63, 3.8) is 0 Å². The molecule has 2 aromatic carbocycles. The van der Waals surface area contributed by atoms with Crippen molar-refractivity contribution in [1.29, 1.82) is 0 Å². The molecule has 42 heavy (non-hydrogen) atoms. The maximum absolute atomic E-state index is 13.9. The van der Waals surface area contributed by atoms with Crippen LogP contribution in [-0.2, 0) is 16.9 Å². The van der Waals surface area contributed by atoms with Crippen LogP contribution < -0.4 is 15.4 Å². The number of aromatic nitrogens is 3. The average Bonchev–Trinajstić information content (AvgIpc) is 3.47. The van der Waals surface area contributed by atoms with Crippen LogP contribution in [0.4, 0.5) is 14.5 Å². The molecule has 1 fully saturated rings. The van der Waals surface area contributed by atoms with Gasteiger partial charge in [-0.2, -0.15) is 5.10 Å². The zero-order valence-corrected chi connectivity index (χ0v) is 25.0. The Kier molecular flexibility index (Phi) is 12.1. The van der Waals surface area contributed by atoms with E-state index in [0.717, 1.165) is 49.4 Å². The number of piperazine rings is 1. The van der Waals surface area contributed by atoms with Crippen LogP contribution in [0.2, 0.25) is 0 Å².